The molecule has 0 fully saturated rings. The molecule has 4 nitrogen and oxygen atoms in total. The van der Waals surface area contributed by atoms with Gasteiger partial charge >= 0.3 is 0 Å². The van der Waals surface area contributed by atoms with E-state index in [1.54, 1.807) is 18.2 Å². The van der Waals surface area contributed by atoms with Crippen LogP contribution in [0.25, 0.3) is 0 Å². The van der Waals surface area contributed by atoms with Crippen molar-refractivity contribution in [2.24, 2.45) is 0 Å². The van der Waals surface area contributed by atoms with Crippen LogP contribution < -0.4 is 15.4 Å². The average molecular weight is 443 g/mol. The Morgan fingerprint density at radius 2 is 1.60 bits per heavy atom. The van der Waals surface area contributed by atoms with E-state index in [-0.39, 0.29) is 18.4 Å². The van der Waals surface area contributed by atoms with Gasteiger partial charge in [-0.15, -0.1) is 0 Å². The van der Waals surface area contributed by atoms with Gasteiger partial charge in [0, 0.05) is 12.2 Å². The van der Waals surface area contributed by atoms with Gasteiger partial charge in [-0.3, -0.25) is 4.79 Å². The third kappa shape index (κ3) is 6.15. The summed E-state index contributed by atoms with van der Waals surface area (Å²) < 4.78 is 5.64. The Labute approximate surface area is 187 Å². The number of carbonyl (C=O) groups is 1. The van der Waals surface area contributed by atoms with Crippen molar-refractivity contribution in [2.75, 3.05) is 5.32 Å². The van der Waals surface area contributed by atoms with Crippen molar-refractivity contribution in [2.45, 2.75) is 32.9 Å². The van der Waals surface area contributed by atoms with E-state index in [9.17, 15) is 4.79 Å². The van der Waals surface area contributed by atoms with E-state index in [1.165, 1.54) is 0 Å². The van der Waals surface area contributed by atoms with E-state index in [4.69, 9.17) is 27.9 Å². The zero-order valence-corrected chi connectivity index (χ0v) is 18.4. The summed E-state index contributed by atoms with van der Waals surface area (Å²) in [4.78, 5) is 12.5. The number of rotatable bonds is 8. The van der Waals surface area contributed by atoms with E-state index in [0.717, 1.165) is 22.6 Å². The van der Waals surface area contributed by atoms with Crippen LogP contribution in [0.5, 0.6) is 5.75 Å². The first-order valence-corrected chi connectivity index (χ1v) is 10.5. The highest BCUT2D eigenvalue weighted by atomic mass is 35.5. The van der Waals surface area contributed by atoms with Crippen LogP contribution in [0.4, 0.5) is 11.4 Å². The molecule has 0 aromatic heterocycles. The fourth-order valence-corrected chi connectivity index (χ4v) is 3.43. The summed E-state index contributed by atoms with van der Waals surface area (Å²) in [6.07, 6.45) is 0.365. The number of hydrogen-bond donors (Lipinski definition) is 2. The Balaban J connectivity index is 1.62. The standard InChI is InChI=1S/C24H24Cl2N2O2/c1-16(2)30-19-12-10-17(11-13-19)15-27-23(29)14-18-6-3-4-9-22(18)28-24-20(25)7-5-8-21(24)26/h3-13,16,28H,14-15H2,1-2H3,(H,27,29). The number of hydrogen-bond acceptors (Lipinski definition) is 3. The zero-order chi connectivity index (χ0) is 21.5. The SMILES string of the molecule is CC(C)Oc1ccc(CNC(=O)Cc2ccccc2Nc2c(Cl)cccc2Cl)cc1. The fourth-order valence-electron chi connectivity index (χ4n) is 2.94. The predicted octanol–water partition coefficient (Wildman–Crippen LogP) is 6.38. The molecular formula is C24H24Cl2N2O2. The van der Waals surface area contributed by atoms with E-state index in [1.807, 2.05) is 62.4 Å². The minimum absolute atomic E-state index is 0.0722. The minimum Gasteiger partial charge on any atom is -0.491 e. The molecule has 3 rings (SSSR count). The molecule has 0 aliphatic rings. The van der Waals surface area contributed by atoms with Crippen molar-refractivity contribution in [3.05, 3.63) is 87.9 Å². The van der Waals surface area contributed by atoms with E-state index >= 15 is 0 Å². The highest BCUT2D eigenvalue weighted by Crippen LogP contribution is 2.33. The summed E-state index contributed by atoms with van der Waals surface area (Å²) in [7, 11) is 0. The summed E-state index contributed by atoms with van der Waals surface area (Å²) in [5, 5.41) is 7.25. The number of para-hydroxylation sites is 2. The number of ether oxygens (including phenoxy) is 1. The summed E-state index contributed by atoms with van der Waals surface area (Å²) in [6, 6.07) is 20.6. The molecule has 0 bridgehead atoms. The molecule has 0 heterocycles. The van der Waals surface area contributed by atoms with Crippen molar-refractivity contribution in [3.8, 4) is 5.75 Å². The topological polar surface area (TPSA) is 50.4 Å². The average Bonchev–Trinajstić information content (AvgIpc) is 2.71. The molecule has 2 N–H and O–H groups in total. The minimum atomic E-state index is -0.0722. The lowest BCUT2D eigenvalue weighted by atomic mass is 10.1. The Morgan fingerprint density at radius 1 is 0.933 bits per heavy atom. The van der Waals surface area contributed by atoms with Crippen molar-refractivity contribution in [3.63, 3.8) is 0 Å². The lowest BCUT2D eigenvalue weighted by Gasteiger charge is -2.14. The first-order chi connectivity index (χ1) is 14.4. The van der Waals surface area contributed by atoms with Crippen LogP contribution in [0.2, 0.25) is 10.0 Å². The Bertz CT molecular complexity index is 984. The van der Waals surface area contributed by atoms with Gasteiger partial charge in [-0.1, -0.05) is 59.6 Å². The largest absolute Gasteiger partial charge is 0.491 e. The quantitative estimate of drug-likeness (QED) is 0.425. The van der Waals surface area contributed by atoms with E-state index < -0.39 is 0 Å². The first-order valence-electron chi connectivity index (χ1n) is 9.73. The van der Waals surface area contributed by atoms with Crippen molar-refractivity contribution < 1.29 is 9.53 Å². The van der Waals surface area contributed by atoms with Crippen molar-refractivity contribution >= 4 is 40.5 Å². The molecule has 0 aliphatic carbocycles. The second-order valence-electron chi connectivity index (χ2n) is 7.14. The molecule has 3 aromatic carbocycles. The molecule has 0 spiro atoms. The van der Waals surface area contributed by atoms with Crippen molar-refractivity contribution in [1.82, 2.24) is 5.32 Å². The highest BCUT2D eigenvalue weighted by molar-refractivity contribution is 6.39. The molecular weight excluding hydrogens is 419 g/mol. The molecule has 156 valence electrons. The number of halogens is 2. The third-order valence-corrected chi connectivity index (χ3v) is 5.01. The second kappa shape index (κ2) is 10.4. The van der Waals surface area contributed by atoms with Crippen LogP contribution in [-0.2, 0) is 17.8 Å². The normalized spacial score (nSPS) is 10.7. The van der Waals surface area contributed by atoms with Crippen molar-refractivity contribution in [1.29, 1.82) is 0 Å². The molecule has 3 aromatic rings. The van der Waals surface area contributed by atoms with Gasteiger partial charge in [0.15, 0.2) is 0 Å². The number of amides is 1. The van der Waals surface area contributed by atoms with Gasteiger partial charge in [-0.25, -0.2) is 0 Å². The van der Waals surface area contributed by atoms with Crippen LogP contribution in [-0.4, -0.2) is 12.0 Å². The number of carbonyl (C=O) groups excluding carboxylic acids is 1. The predicted molar refractivity (Wildman–Crippen MR) is 124 cm³/mol. The van der Waals surface area contributed by atoms with Crippen LogP contribution in [0.3, 0.4) is 0 Å². The number of nitrogens with one attached hydrogen (secondary N) is 2. The molecule has 30 heavy (non-hydrogen) atoms. The summed E-state index contributed by atoms with van der Waals surface area (Å²) >= 11 is 12.5. The zero-order valence-electron chi connectivity index (χ0n) is 16.9. The van der Waals surface area contributed by atoms with Gasteiger partial charge in [0.25, 0.3) is 0 Å². The van der Waals surface area contributed by atoms with Crippen LogP contribution in [0.15, 0.2) is 66.7 Å². The van der Waals surface area contributed by atoms with E-state index in [0.29, 0.717) is 22.3 Å². The maximum absolute atomic E-state index is 12.5. The molecule has 0 unspecified atom stereocenters. The third-order valence-electron chi connectivity index (χ3n) is 4.38. The summed E-state index contributed by atoms with van der Waals surface area (Å²) in [5.74, 6) is 0.746. The summed E-state index contributed by atoms with van der Waals surface area (Å²) in [5.41, 5.74) is 3.27. The molecule has 0 saturated heterocycles. The molecule has 0 radical (unpaired) electrons. The maximum atomic E-state index is 12.5. The molecule has 0 aliphatic heterocycles. The van der Waals surface area contributed by atoms with Gasteiger partial charge in [0.05, 0.1) is 28.3 Å². The number of anilines is 2. The molecule has 6 heteroatoms. The molecule has 0 atom stereocenters. The molecule has 1 amide bonds. The number of benzene rings is 3. The van der Waals surface area contributed by atoms with Crippen LogP contribution >= 0.6 is 23.2 Å². The highest BCUT2D eigenvalue weighted by Gasteiger charge is 2.11. The Hall–Kier alpha value is -2.69. The molecule has 0 saturated carbocycles. The van der Waals surface area contributed by atoms with Crippen LogP contribution in [0, 0.1) is 0 Å². The van der Waals surface area contributed by atoms with Crippen LogP contribution in [0.1, 0.15) is 25.0 Å². The Morgan fingerprint density at radius 3 is 2.27 bits per heavy atom. The van der Waals surface area contributed by atoms with Gasteiger partial charge in [0.1, 0.15) is 5.75 Å². The smallest absolute Gasteiger partial charge is 0.224 e. The lowest BCUT2D eigenvalue weighted by molar-refractivity contribution is -0.120. The lowest BCUT2D eigenvalue weighted by Crippen LogP contribution is -2.24. The van der Waals surface area contributed by atoms with Gasteiger partial charge in [-0.2, -0.15) is 0 Å². The fraction of sp³-hybridized carbons (Fsp3) is 0.208. The Kier molecular flexibility index (Phi) is 7.61. The van der Waals surface area contributed by atoms with E-state index in [2.05, 4.69) is 10.6 Å². The monoisotopic (exact) mass is 442 g/mol. The van der Waals surface area contributed by atoms with Gasteiger partial charge < -0.3 is 15.4 Å². The van der Waals surface area contributed by atoms with Gasteiger partial charge in [0.2, 0.25) is 5.91 Å². The first kappa shape index (κ1) is 22.0. The van der Waals surface area contributed by atoms with Gasteiger partial charge in [-0.05, 0) is 55.3 Å². The maximum Gasteiger partial charge on any atom is 0.224 e. The summed E-state index contributed by atoms with van der Waals surface area (Å²) in [6.45, 7) is 4.42. The second-order valence-corrected chi connectivity index (χ2v) is 7.96.